The SMILES string of the molecule is C=IC(Oc1cnc(OC2=CCNC(N)N=C2)nc1)I=C. The Morgan fingerprint density at radius 3 is 2.71 bits per heavy atom. The molecule has 0 radical (unpaired) electrons. The molecule has 1 unspecified atom stereocenters. The third kappa shape index (κ3) is 5.48. The fraction of sp³-hybridized carbons (Fsp3) is 0.250. The molecule has 1 atom stereocenters. The number of rotatable bonds is 6. The van der Waals surface area contributed by atoms with E-state index < -0.39 is 6.29 Å². The van der Waals surface area contributed by atoms with Gasteiger partial charge in [0.25, 0.3) is 0 Å². The zero-order chi connectivity index (χ0) is 15.1. The van der Waals surface area contributed by atoms with Crippen molar-refractivity contribution in [3.63, 3.8) is 0 Å². The molecule has 0 amide bonds. The highest BCUT2D eigenvalue weighted by Gasteiger charge is 2.08. The average Bonchev–Trinajstić information content (AvgIpc) is 2.71. The van der Waals surface area contributed by atoms with Crippen LogP contribution in [0, 0.1) is 0 Å². The van der Waals surface area contributed by atoms with Gasteiger partial charge in [-0.2, -0.15) is 9.97 Å². The van der Waals surface area contributed by atoms with Gasteiger partial charge in [0.05, 0.1) is 18.6 Å². The predicted octanol–water partition coefficient (Wildman–Crippen LogP) is 1.12. The third-order valence-electron chi connectivity index (χ3n) is 2.27. The van der Waals surface area contributed by atoms with Crippen LogP contribution in [0.4, 0.5) is 0 Å². The van der Waals surface area contributed by atoms with Gasteiger partial charge < -0.3 is 9.47 Å². The van der Waals surface area contributed by atoms with E-state index in [1.54, 1.807) is 18.6 Å². The Morgan fingerprint density at radius 1 is 1.33 bits per heavy atom. The summed E-state index contributed by atoms with van der Waals surface area (Å²) in [6.45, 7) is 0.569. The molecule has 0 aliphatic carbocycles. The average molecular weight is 515 g/mol. The molecule has 0 aromatic carbocycles. The van der Waals surface area contributed by atoms with Crippen LogP contribution in [-0.2, 0) is 0 Å². The molecule has 2 rings (SSSR count). The molecule has 1 aliphatic heterocycles. The summed E-state index contributed by atoms with van der Waals surface area (Å²) in [6, 6.07) is 0.237. The Bertz CT molecular complexity index is 553. The fourth-order valence-electron chi connectivity index (χ4n) is 1.34. The summed E-state index contributed by atoms with van der Waals surface area (Å²) in [5.41, 5.74) is 5.63. The maximum absolute atomic E-state index is 5.72. The van der Waals surface area contributed by atoms with E-state index in [0.717, 1.165) is 0 Å². The summed E-state index contributed by atoms with van der Waals surface area (Å²) in [6.07, 6.45) is 6.13. The van der Waals surface area contributed by atoms with Crippen LogP contribution in [-0.4, -0.2) is 40.2 Å². The zero-order valence-corrected chi connectivity index (χ0v) is 15.4. The number of alkyl halides is 2. The van der Waals surface area contributed by atoms with Crippen molar-refractivity contribution in [2.75, 3.05) is 6.54 Å². The fourth-order valence-corrected chi connectivity index (χ4v) is 4.10. The van der Waals surface area contributed by atoms with E-state index in [2.05, 4.69) is 29.3 Å². The van der Waals surface area contributed by atoms with Gasteiger partial charge in [-0.3, -0.25) is 16.0 Å². The molecule has 7 nitrogen and oxygen atoms in total. The second kappa shape index (κ2) is 8.60. The first kappa shape index (κ1) is 16.6. The number of nitrogens with one attached hydrogen (secondary N) is 1. The molecule has 114 valence electrons. The number of hydrogen-bond acceptors (Lipinski definition) is 7. The van der Waals surface area contributed by atoms with Crippen LogP contribution in [0.15, 0.2) is 29.2 Å². The summed E-state index contributed by atoms with van der Waals surface area (Å²) in [7, 11) is 0. The highest BCUT2D eigenvalue weighted by Crippen LogP contribution is 2.24. The van der Waals surface area contributed by atoms with Crippen molar-refractivity contribution in [1.82, 2.24) is 15.3 Å². The van der Waals surface area contributed by atoms with Crippen LogP contribution in [0.5, 0.6) is 11.8 Å². The highest BCUT2D eigenvalue weighted by molar-refractivity contribution is 14.3. The van der Waals surface area contributed by atoms with Gasteiger partial charge in [-0.1, -0.05) is 50.5 Å². The number of nitrogens with two attached hydrogens (primary N) is 1. The summed E-state index contributed by atoms with van der Waals surface area (Å²) >= 11 is -0.465. The lowest BCUT2D eigenvalue weighted by molar-refractivity contribution is 0.376. The molecule has 0 spiro atoms. The molecule has 1 aromatic heterocycles. The lowest BCUT2D eigenvalue weighted by atomic mass is 10.4. The molecule has 1 aromatic rings. The number of nitrogens with zero attached hydrogens (tertiary/aromatic N) is 3. The number of allylic oxidation sites excluding steroid dienone is 1. The zero-order valence-electron chi connectivity index (χ0n) is 11.1. The van der Waals surface area contributed by atoms with Crippen LogP contribution in [0.3, 0.4) is 0 Å². The van der Waals surface area contributed by atoms with Crippen molar-refractivity contribution < 1.29 is 9.47 Å². The van der Waals surface area contributed by atoms with E-state index in [9.17, 15) is 0 Å². The molecular formula is C12H15I2N5O2. The quantitative estimate of drug-likeness (QED) is 0.436. The molecule has 0 saturated heterocycles. The van der Waals surface area contributed by atoms with E-state index in [0.29, 0.717) is 18.1 Å². The number of halogens is 2. The van der Waals surface area contributed by atoms with E-state index >= 15 is 0 Å². The van der Waals surface area contributed by atoms with Crippen molar-refractivity contribution >= 4 is 56.7 Å². The van der Waals surface area contributed by atoms with E-state index in [1.807, 2.05) is 6.08 Å². The molecule has 9 heteroatoms. The Hall–Kier alpha value is -0.790. The number of hydrogen-bond donors (Lipinski definition) is 2. The maximum Gasteiger partial charge on any atom is 0.322 e. The van der Waals surface area contributed by atoms with Crippen molar-refractivity contribution in [1.29, 1.82) is 0 Å². The Kier molecular flexibility index (Phi) is 6.79. The minimum atomic E-state index is -0.423. The molecular weight excluding hydrogens is 500 g/mol. The second-order valence-electron chi connectivity index (χ2n) is 3.73. The van der Waals surface area contributed by atoms with Crippen LogP contribution in [0.2, 0.25) is 0 Å². The van der Waals surface area contributed by atoms with Gasteiger partial charge in [0.2, 0.25) is 0 Å². The van der Waals surface area contributed by atoms with Gasteiger partial charge in [-0.25, -0.2) is 0 Å². The van der Waals surface area contributed by atoms with Gasteiger partial charge in [0.1, 0.15) is 5.76 Å². The van der Waals surface area contributed by atoms with Crippen LogP contribution < -0.4 is 20.5 Å². The van der Waals surface area contributed by atoms with Crippen molar-refractivity contribution in [3.05, 3.63) is 24.2 Å². The standard InChI is InChI=1S/C12H15I2N5O2/c1-13-10(14-2)20-9-6-18-12(19-7-9)21-8-3-4-16-11(15)17-5-8/h3,5-7,10-11,16H,1-2,4,15H2. The summed E-state index contributed by atoms with van der Waals surface area (Å²) < 4.78 is 19.3. The normalized spacial score (nSPS) is 18.2. The minimum absolute atomic E-state index is 0.183. The first-order valence-corrected chi connectivity index (χ1v) is 11.4. The first-order valence-electron chi connectivity index (χ1n) is 5.84. The van der Waals surface area contributed by atoms with E-state index in [4.69, 9.17) is 15.2 Å². The van der Waals surface area contributed by atoms with Crippen LogP contribution >= 0.6 is 41.5 Å². The summed E-state index contributed by atoms with van der Waals surface area (Å²) in [4.78, 5) is 12.3. The van der Waals surface area contributed by atoms with Crippen LogP contribution in [0.1, 0.15) is 0 Å². The molecule has 21 heavy (non-hydrogen) atoms. The maximum atomic E-state index is 5.72. The molecule has 0 saturated carbocycles. The lowest BCUT2D eigenvalue weighted by Gasteiger charge is -2.09. The monoisotopic (exact) mass is 515 g/mol. The van der Waals surface area contributed by atoms with E-state index in [-0.39, 0.29) is 49.6 Å². The summed E-state index contributed by atoms with van der Waals surface area (Å²) in [5, 5.41) is 2.96. The van der Waals surface area contributed by atoms with Crippen LogP contribution in [0.25, 0.3) is 0 Å². The van der Waals surface area contributed by atoms with Gasteiger partial charge in [0, 0.05) is 6.54 Å². The van der Waals surface area contributed by atoms with Gasteiger partial charge in [-0.05, 0) is 6.08 Å². The molecule has 0 fully saturated rings. The predicted molar refractivity (Wildman–Crippen MR) is 102 cm³/mol. The molecule has 0 bridgehead atoms. The number of aliphatic imine (C=N–C) groups is 1. The Labute approximate surface area is 142 Å². The largest absolute Gasteiger partial charge is 0.468 e. The van der Waals surface area contributed by atoms with E-state index in [1.165, 1.54) is 0 Å². The smallest absolute Gasteiger partial charge is 0.322 e. The Morgan fingerprint density at radius 2 is 2.05 bits per heavy atom. The van der Waals surface area contributed by atoms with Gasteiger partial charge in [-0.15, -0.1) is 0 Å². The van der Waals surface area contributed by atoms with Crippen molar-refractivity contribution in [2.24, 2.45) is 10.7 Å². The topological polar surface area (TPSA) is 94.7 Å². The first-order chi connectivity index (χ1) is 10.2. The van der Waals surface area contributed by atoms with Gasteiger partial charge in [0.15, 0.2) is 14.2 Å². The highest BCUT2D eigenvalue weighted by atomic mass is 127. The number of ether oxygens (including phenoxy) is 2. The second-order valence-corrected chi connectivity index (χ2v) is 10.1. The van der Waals surface area contributed by atoms with Gasteiger partial charge >= 0.3 is 6.01 Å². The lowest BCUT2D eigenvalue weighted by Crippen LogP contribution is -2.34. The molecule has 1 aliphatic rings. The Balaban J connectivity index is 1.99. The molecule has 3 N–H and O–H groups in total. The van der Waals surface area contributed by atoms with Crippen molar-refractivity contribution in [3.8, 4) is 11.8 Å². The van der Waals surface area contributed by atoms with Crippen molar-refractivity contribution in [2.45, 2.75) is 8.41 Å². The summed E-state index contributed by atoms with van der Waals surface area (Å²) in [5.74, 6) is 1.17. The minimum Gasteiger partial charge on any atom is -0.468 e. The third-order valence-corrected chi connectivity index (χ3v) is 8.63. The number of aromatic nitrogens is 2. The molecule has 2 heterocycles.